The van der Waals surface area contributed by atoms with Gasteiger partial charge in [0.2, 0.25) is 0 Å². The van der Waals surface area contributed by atoms with Gasteiger partial charge in [0, 0.05) is 17.8 Å². The van der Waals surface area contributed by atoms with Crippen molar-refractivity contribution in [3.8, 4) is 11.1 Å². The quantitative estimate of drug-likeness (QED) is 0.449. The number of nitrogens with zero attached hydrogens (tertiary/aromatic N) is 1. The molecule has 5 nitrogen and oxygen atoms in total. The third-order valence-corrected chi connectivity index (χ3v) is 5.67. The standard InChI is InChI=1S/C23H20N2O3S/c26-13-16-15-29-22(25-16)11-5-6-12-24-23(27)28-14-21-19-9-3-1-7-17(19)18-8-2-4-10-20(18)21/h1-5,7-11,13,15,21H,6,12,14H2,(H,24,27). The molecular weight excluding hydrogens is 384 g/mol. The number of fused-ring (bicyclic) bond motifs is 3. The zero-order valence-corrected chi connectivity index (χ0v) is 16.5. The second kappa shape index (κ2) is 8.84. The minimum atomic E-state index is -0.419. The van der Waals surface area contributed by atoms with Crippen LogP contribution in [0, 0.1) is 0 Å². The monoisotopic (exact) mass is 404 g/mol. The van der Waals surface area contributed by atoms with Crippen LogP contribution in [0.5, 0.6) is 0 Å². The van der Waals surface area contributed by atoms with Crippen LogP contribution in [0.2, 0.25) is 0 Å². The lowest BCUT2D eigenvalue weighted by Gasteiger charge is -2.14. The maximum atomic E-state index is 12.1. The summed E-state index contributed by atoms with van der Waals surface area (Å²) in [5, 5.41) is 5.25. The molecule has 0 saturated heterocycles. The highest BCUT2D eigenvalue weighted by Crippen LogP contribution is 2.44. The first kappa shape index (κ1) is 19.1. The third kappa shape index (κ3) is 4.27. The Morgan fingerprint density at radius 3 is 2.45 bits per heavy atom. The molecule has 146 valence electrons. The van der Waals surface area contributed by atoms with E-state index in [0.29, 0.717) is 25.3 Å². The fourth-order valence-electron chi connectivity index (χ4n) is 3.52. The second-order valence-corrected chi connectivity index (χ2v) is 7.56. The van der Waals surface area contributed by atoms with E-state index >= 15 is 0 Å². The number of aromatic nitrogens is 1. The molecule has 0 unspecified atom stereocenters. The van der Waals surface area contributed by atoms with E-state index in [1.807, 2.05) is 36.4 Å². The van der Waals surface area contributed by atoms with Crippen molar-refractivity contribution in [1.29, 1.82) is 0 Å². The van der Waals surface area contributed by atoms with E-state index in [1.165, 1.54) is 33.6 Å². The van der Waals surface area contributed by atoms with Gasteiger partial charge in [0.15, 0.2) is 6.29 Å². The molecule has 1 N–H and O–H groups in total. The Kier molecular flexibility index (Phi) is 5.81. The summed E-state index contributed by atoms with van der Waals surface area (Å²) in [5.74, 6) is 0.0602. The topological polar surface area (TPSA) is 68.3 Å². The SMILES string of the molecule is O=Cc1csc(C=CCCNC(=O)OCC2c3ccccc3-c3ccccc32)n1. The highest BCUT2D eigenvalue weighted by Gasteiger charge is 2.28. The van der Waals surface area contributed by atoms with Gasteiger partial charge in [0.25, 0.3) is 0 Å². The second-order valence-electron chi connectivity index (χ2n) is 6.67. The Bertz CT molecular complexity index is 1010. The lowest BCUT2D eigenvalue weighted by molar-refractivity contribution is 0.111. The van der Waals surface area contributed by atoms with Gasteiger partial charge in [0.1, 0.15) is 17.3 Å². The summed E-state index contributed by atoms with van der Waals surface area (Å²) in [5.41, 5.74) is 5.25. The lowest BCUT2D eigenvalue weighted by atomic mass is 9.98. The molecule has 1 aliphatic carbocycles. The molecule has 0 saturated carbocycles. The fourth-order valence-corrected chi connectivity index (χ4v) is 4.21. The minimum Gasteiger partial charge on any atom is -0.449 e. The van der Waals surface area contributed by atoms with Crippen LogP contribution in [-0.2, 0) is 4.74 Å². The van der Waals surface area contributed by atoms with Crippen molar-refractivity contribution >= 4 is 29.8 Å². The highest BCUT2D eigenvalue weighted by molar-refractivity contribution is 7.10. The summed E-state index contributed by atoms with van der Waals surface area (Å²) < 4.78 is 5.50. The van der Waals surface area contributed by atoms with Crippen molar-refractivity contribution in [3.05, 3.63) is 81.8 Å². The van der Waals surface area contributed by atoms with Crippen molar-refractivity contribution in [2.75, 3.05) is 13.2 Å². The summed E-state index contributed by atoms with van der Waals surface area (Å²) in [6.07, 6.45) is 4.72. The van der Waals surface area contributed by atoms with Crippen LogP contribution in [0.15, 0.2) is 60.0 Å². The first-order valence-corrected chi connectivity index (χ1v) is 10.3. The molecule has 1 aliphatic rings. The number of amides is 1. The Labute approximate surface area is 173 Å². The number of rotatable bonds is 7. The van der Waals surface area contributed by atoms with Crippen molar-refractivity contribution in [1.82, 2.24) is 10.3 Å². The largest absolute Gasteiger partial charge is 0.449 e. The predicted molar refractivity (Wildman–Crippen MR) is 114 cm³/mol. The smallest absolute Gasteiger partial charge is 0.407 e. The molecular formula is C23H20N2O3S. The number of benzene rings is 2. The highest BCUT2D eigenvalue weighted by atomic mass is 32.1. The molecule has 1 heterocycles. The van der Waals surface area contributed by atoms with Crippen LogP contribution in [0.25, 0.3) is 17.2 Å². The number of thiazole rings is 1. The average Bonchev–Trinajstić information content (AvgIpc) is 3.34. The van der Waals surface area contributed by atoms with Crippen LogP contribution in [-0.4, -0.2) is 30.5 Å². The summed E-state index contributed by atoms with van der Waals surface area (Å²) in [4.78, 5) is 26.8. The van der Waals surface area contributed by atoms with Gasteiger partial charge in [-0.15, -0.1) is 11.3 Å². The Morgan fingerprint density at radius 1 is 1.10 bits per heavy atom. The summed E-state index contributed by atoms with van der Waals surface area (Å²) in [7, 11) is 0. The van der Waals surface area contributed by atoms with E-state index in [9.17, 15) is 9.59 Å². The predicted octanol–water partition coefficient (Wildman–Crippen LogP) is 4.90. The maximum absolute atomic E-state index is 12.1. The number of hydrogen-bond acceptors (Lipinski definition) is 5. The van der Waals surface area contributed by atoms with Gasteiger partial charge in [0.05, 0.1) is 0 Å². The van der Waals surface area contributed by atoms with E-state index in [0.717, 1.165) is 11.3 Å². The molecule has 0 spiro atoms. The lowest BCUT2D eigenvalue weighted by Crippen LogP contribution is -2.26. The number of carbonyl (C=O) groups excluding carboxylic acids is 2. The van der Waals surface area contributed by atoms with Crippen LogP contribution >= 0.6 is 11.3 Å². The molecule has 6 heteroatoms. The Morgan fingerprint density at radius 2 is 1.79 bits per heavy atom. The molecule has 0 atom stereocenters. The number of nitrogens with one attached hydrogen (secondary N) is 1. The summed E-state index contributed by atoms with van der Waals surface area (Å²) >= 11 is 1.41. The molecule has 1 amide bonds. The molecule has 0 aliphatic heterocycles. The maximum Gasteiger partial charge on any atom is 0.407 e. The van der Waals surface area contributed by atoms with E-state index < -0.39 is 6.09 Å². The number of hydrogen-bond donors (Lipinski definition) is 1. The minimum absolute atomic E-state index is 0.0602. The molecule has 2 aromatic carbocycles. The number of carbonyl (C=O) groups is 2. The van der Waals surface area contributed by atoms with Crippen molar-refractivity contribution in [3.63, 3.8) is 0 Å². The molecule has 4 rings (SSSR count). The zero-order chi connectivity index (χ0) is 20.1. The molecule has 1 aromatic heterocycles. The molecule has 0 fully saturated rings. The fraction of sp³-hybridized carbons (Fsp3) is 0.174. The van der Waals surface area contributed by atoms with Gasteiger partial charge in [-0.05, 0) is 34.8 Å². The van der Waals surface area contributed by atoms with Crippen molar-refractivity contribution in [2.24, 2.45) is 0 Å². The van der Waals surface area contributed by atoms with Gasteiger partial charge in [-0.2, -0.15) is 0 Å². The van der Waals surface area contributed by atoms with Gasteiger partial charge >= 0.3 is 6.09 Å². The molecule has 3 aromatic rings. The van der Waals surface area contributed by atoms with Gasteiger partial charge < -0.3 is 10.1 Å². The van der Waals surface area contributed by atoms with E-state index in [1.54, 1.807) is 5.38 Å². The average molecular weight is 404 g/mol. The van der Waals surface area contributed by atoms with E-state index in [-0.39, 0.29) is 5.92 Å². The number of aldehydes is 1. The number of ether oxygens (including phenoxy) is 1. The van der Waals surface area contributed by atoms with E-state index in [2.05, 4.69) is 34.6 Å². The molecule has 29 heavy (non-hydrogen) atoms. The van der Waals surface area contributed by atoms with Crippen LogP contribution in [0.3, 0.4) is 0 Å². The summed E-state index contributed by atoms with van der Waals surface area (Å²) in [6.45, 7) is 0.780. The third-order valence-electron chi connectivity index (χ3n) is 4.84. The van der Waals surface area contributed by atoms with Crippen molar-refractivity contribution < 1.29 is 14.3 Å². The van der Waals surface area contributed by atoms with Crippen LogP contribution < -0.4 is 5.32 Å². The Balaban J connectivity index is 1.27. The zero-order valence-electron chi connectivity index (χ0n) is 15.7. The van der Waals surface area contributed by atoms with Crippen LogP contribution in [0.4, 0.5) is 4.79 Å². The summed E-state index contributed by atoms with van der Waals surface area (Å²) in [6, 6.07) is 16.5. The van der Waals surface area contributed by atoms with Crippen LogP contribution in [0.1, 0.15) is 39.0 Å². The molecule has 0 bridgehead atoms. The molecule has 0 radical (unpaired) electrons. The first-order chi connectivity index (χ1) is 14.3. The van der Waals surface area contributed by atoms with Crippen molar-refractivity contribution in [2.45, 2.75) is 12.3 Å². The van der Waals surface area contributed by atoms with E-state index in [4.69, 9.17) is 4.74 Å². The number of alkyl carbamates (subject to hydrolysis) is 1. The normalized spacial score (nSPS) is 12.6. The Hall–Kier alpha value is -3.25. The van der Waals surface area contributed by atoms with Gasteiger partial charge in [-0.3, -0.25) is 4.79 Å². The van der Waals surface area contributed by atoms with Gasteiger partial charge in [-0.1, -0.05) is 54.6 Å². The van der Waals surface area contributed by atoms with Gasteiger partial charge in [-0.25, -0.2) is 9.78 Å². The first-order valence-electron chi connectivity index (χ1n) is 9.42.